The summed E-state index contributed by atoms with van der Waals surface area (Å²) >= 11 is 0. The summed E-state index contributed by atoms with van der Waals surface area (Å²) < 4.78 is 5.12. The summed E-state index contributed by atoms with van der Waals surface area (Å²) in [6.07, 6.45) is 3.78. The van der Waals surface area contributed by atoms with E-state index in [9.17, 15) is 9.59 Å². The Labute approximate surface area is 140 Å². The van der Waals surface area contributed by atoms with Crippen molar-refractivity contribution in [2.45, 2.75) is 25.8 Å². The summed E-state index contributed by atoms with van der Waals surface area (Å²) in [5, 5.41) is 5.39. The molecule has 2 heterocycles. The number of rotatable bonds is 6. The molecule has 3 rings (SSSR count). The predicted octanol–water partition coefficient (Wildman–Crippen LogP) is 2.52. The normalized spacial score (nSPS) is 13.8. The summed E-state index contributed by atoms with van der Waals surface area (Å²) in [5.41, 5.74) is 1.86. The molecule has 0 spiro atoms. The van der Waals surface area contributed by atoms with E-state index >= 15 is 0 Å². The Morgan fingerprint density at radius 1 is 1.04 bits per heavy atom. The molecule has 1 saturated heterocycles. The highest BCUT2D eigenvalue weighted by Gasteiger charge is 2.13. The Morgan fingerprint density at radius 2 is 1.79 bits per heavy atom. The zero-order chi connectivity index (χ0) is 16.8. The molecule has 2 N–H and O–H groups in total. The average Bonchev–Trinajstić information content (AvgIpc) is 3.27. The van der Waals surface area contributed by atoms with Crippen LogP contribution in [0.5, 0.6) is 0 Å². The van der Waals surface area contributed by atoms with Crippen molar-refractivity contribution in [3.8, 4) is 0 Å². The van der Waals surface area contributed by atoms with Gasteiger partial charge in [-0.05, 0) is 49.2 Å². The second-order valence-corrected chi connectivity index (χ2v) is 5.82. The number of nitrogens with zero attached hydrogens (tertiary/aromatic N) is 1. The lowest BCUT2D eigenvalue weighted by molar-refractivity contribution is -0.127. The molecule has 0 radical (unpaired) electrons. The molecule has 126 valence electrons. The summed E-state index contributed by atoms with van der Waals surface area (Å²) in [6.45, 7) is 2.45. The molecule has 24 heavy (non-hydrogen) atoms. The van der Waals surface area contributed by atoms with Crippen molar-refractivity contribution in [2.75, 3.05) is 23.3 Å². The smallest absolute Gasteiger partial charge is 0.233 e. The van der Waals surface area contributed by atoms with E-state index < -0.39 is 0 Å². The van der Waals surface area contributed by atoms with E-state index in [0.29, 0.717) is 11.4 Å². The maximum absolute atomic E-state index is 11.9. The van der Waals surface area contributed by atoms with Crippen molar-refractivity contribution in [2.24, 2.45) is 0 Å². The van der Waals surface area contributed by atoms with Crippen molar-refractivity contribution in [3.63, 3.8) is 0 Å². The highest BCUT2D eigenvalue weighted by molar-refractivity contribution is 6.03. The van der Waals surface area contributed by atoms with Crippen LogP contribution in [0.25, 0.3) is 0 Å². The molecule has 1 aliphatic heterocycles. The van der Waals surface area contributed by atoms with Crippen LogP contribution in [-0.2, 0) is 16.1 Å². The van der Waals surface area contributed by atoms with Crippen LogP contribution in [0.2, 0.25) is 0 Å². The first-order chi connectivity index (χ1) is 11.7. The number of nitrogens with one attached hydrogen (secondary N) is 2. The van der Waals surface area contributed by atoms with Crippen LogP contribution in [-0.4, -0.2) is 24.9 Å². The standard InChI is InChI=1S/C18H21N3O3/c22-17(19-13-16-4-3-11-24-16)12-18(23)20-14-5-7-15(8-6-14)21-9-1-2-10-21/h3-8,11H,1-2,9-10,12-13H2,(H,19,22)(H,20,23). The Bertz CT molecular complexity index is 674. The summed E-state index contributed by atoms with van der Waals surface area (Å²) in [6, 6.07) is 11.2. The van der Waals surface area contributed by atoms with Gasteiger partial charge in [0.2, 0.25) is 11.8 Å². The van der Waals surface area contributed by atoms with Gasteiger partial charge in [-0.25, -0.2) is 0 Å². The predicted molar refractivity (Wildman–Crippen MR) is 91.7 cm³/mol. The topological polar surface area (TPSA) is 74.6 Å². The van der Waals surface area contributed by atoms with Crippen molar-refractivity contribution >= 4 is 23.2 Å². The largest absolute Gasteiger partial charge is 0.467 e. The zero-order valence-electron chi connectivity index (χ0n) is 13.5. The third-order valence-corrected chi connectivity index (χ3v) is 3.98. The van der Waals surface area contributed by atoms with Gasteiger partial charge >= 0.3 is 0 Å². The van der Waals surface area contributed by atoms with E-state index in [1.54, 1.807) is 18.4 Å². The van der Waals surface area contributed by atoms with Gasteiger partial charge in [-0.3, -0.25) is 9.59 Å². The van der Waals surface area contributed by atoms with Gasteiger partial charge < -0.3 is 20.0 Å². The number of hydrogen-bond donors (Lipinski definition) is 2. The van der Waals surface area contributed by atoms with E-state index in [1.807, 2.05) is 24.3 Å². The van der Waals surface area contributed by atoms with Gasteiger partial charge in [0.25, 0.3) is 0 Å². The van der Waals surface area contributed by atoms with E-state index in [0.717, 1.165) is 13.1 Å². The van der Waals surface area contributed by atoms with Crippen LogP contribution < -0.4 is 15.5 Å². The number of furan rings is 1. The minimum Gasteiger partial charge on any atom is -0.467 e. The highest BCUT2D eigenvalue weighted by atomic mass is 16.3. The number of hydrogen-bond acceptors (Lipinski definition) is 4. The van der Waals surface area contributed by atoms with E-state index in [2.05, 4.69) is 15.5 Å². The molecular weight excluding hydrogens is 306 g/mol. The minimum absolute atomic E-state index is 0.214. The molecular formula is C18H21N3O3. The monoisotopic (exact) mass is 327 g/mol. The van der Waals surface area contributed by atoms with Crippen LogP contribution in [0, 0.1) is 0 Å². The Balaban J connectivity index is 1.44. The lowest BCUT2D eigenvalue weighted by atomic mass is 10.2. The second-order valence-electron chi connectivity index (χ2n) is 5.82. The number of anilines is 2. The van der Waals surface area contributed by atoms with Gasteiger partial charge in [0, 0.05) is 24.5 Å². The van der Waals surface area contributed by atoms with Crippen LogP contribution in [0.4, 0.5) is 11.4 Å². The Hall–Kier alpha value is -2.76. The molecule has 1 fully saturated rings. The van der Waals surface area contributed by atoms with Gasteiger partial charge in [0.05, 0.1) is 12.8 Å². The van der Waals surface area contributed by atoms with Crippen molar-refractivity contribution in [1.82, 2.24) is 5.32 Å². The fourth-order valence-electron chi connectivity index (χ4n) is 2.74. The molecule has 2 aromatic rings. The molecule has 1 aromatic carbocycles. The van der Waals surface area contributed by atoms with Crippen LogP contribution in [0.15, 0.2) is 47.1 Å². The Kier molecular flexibility index (Phi) is 5.15. The van der Waals surface area contributed by atoms with Crippen molar-refractivity contribution < 1.29 is 14.0 Å². The van der Waals surface area contributed by atoms with Crippen LogP contribution in [0.1, 0.15) is 25.0 Å². The number of carbonyl (C=O) groups is 2. The van der Waals surface area contributed by atoms with Crippen LogP contribution >= 0.6 is 0 Å². The third-order valence-electron chi connectivity index (χ3n) is 3.98. The number of benzene rings is 1. The maximum atomic E-state index is 11.9. The minimum atomic E-state index is -0.336. The third kappa shape index (κ3) is 4.38. The molecule has 0 unspecified atom stereocenters. The molecule has 2 amide bonds. The summed E-state index contributed by atoms with van der Waals surface area (Å²) in [7, 11) is 0. The fourth-order valence-corrected chi connectivity index (χ4v) is 2.74. The Morgan fingerprint density at radius 3 is 2.46 bits per heavy atom. The van der Waals surface area contributed by atoms with Crippen LogP contribution in [0.3, 0.4) is 0 Å². The molecule has 1 aromatic heterocycles. The molecule has 6 nitrogen and oxygen atoms in total. The second kappa shape index (κ2) is 7.68. The fraction of sp³-hybridized carbons (Fsp3) is 0.333. The molecule has 6 heteroatoms. The van der Waals surface area contributed by atoms with Gasteiger partial charge in [-0.2, -0.15) is 0 Å². The first-order valence-electron chi connectivity index (χ1n) is 8.15. The highest BCUT2D eigenvalue weighted by Crippen LogP contribution is 2.22. The van der Waals surface area contributed by atoms with Gasteiger partial charge in [0.1, 0.15) is 12.2 Å². The molecule has 0 bridgehead atoms. The van der Waals surface area contributed by atoms with Gasteiger partial charge in [-0.15, -0.1) is 0 Å². The first kappa shape index (κ1) is 16.1. The SMILES string of the molecule is O=C(CC(=O)Nc1ccc(N2CCCC2)cc1)NCc1ccco1. The van der Waals surface area contributed by atoms with Crippen molar-refractivity contribution in [1.29, 1.82) is 0 Å². The summed E-state index contributed by atoms with van der Waals surface area (Å²) in [4.78, 5) is 26.0. The quantitative estimate of drug-likeness (QED) is 0.800. The maximum Gasteiger partial charge on any atom is 0.233 e. The van der Waals surface area contributed by atoms with Gasteiger partial charge in [-0.1, -0.05) is 0 Å². The number of amides is 2. The number of carbonyl (C=O) groups excluding carboxylic acids is 2. The molecule has 0 aliphatic carbocycles. The van der Waals surface area contributed by atoms with E-state index in [1.165, 1.54) is 18.5 Å². The molecule has 0 atom stereocenters. The average molecular weight is 327 g/mol. The zero-order valence-corrected chi connectivity index (χ0v) is 13.5. The van der Waals surface area contributed by atoms with E-state index in [-0.39, 0.29) is 24.8 Å². The van der Waals surface area contributed by atoms with Gasteiger partial charge in [0.15, 0.2) is 0 Å². The van der Waals surface area contributed by atoms with Crippen molar-refractivity contribution in [3.05, 3.63) is 48.4 Å². The molecule has 0 saturated carbocycles. The lowest BCUT2D eigenvalue weighted by Gasteiger charge is -2.17. The summed E-state index contributed by atoms with van der Waals surface area (Å²) in [5.74, 6) is -0.0142. The molecule has 1 aliphatic rings. The van der Waals surface area contributed by atoms with E-state index in [4.69, 9.17) is 4.42 Å². The first-order valence-corrected chi connectivity index (χ1v) is 8.15. The lowest BCUT2D eigenvalue weighted by Crippen LogP contribution is -2.27.